The largest absolute Gasteiger partial charge is 0.315 e. The van der Waals surface area contributed by atoms with Gasteiger partial charge in [-0.1, -0.05) is 34.6 Å². The van der Waals surface area contributed by atoms with Crippen molar-refractivity contribution in [3.05, 3.63) is 0 Å². The van der Waals surface area contributed by atoms with E-state index in [2.05, 4.69) is 17.1 Å². The van der Waals surface area contributed by atoms with Crippen LogP contribution in [0, 0.1) is 5.41 Å². The van der Waals surface area contributed by atoms with Crippen LogP contribution in [0.25, 0.3) is 0 Å². The van der Waals surface area contributed by atoms with Gasteiger partial charge in [-0.25, -0.2) is 0 Å². The SMILES string of the molecule is CC.CC.CCN1CCCC2(CNC2)C1. The molecule has 0 aromatic carbocycles. The highest BCUT2D eigenvalue weighted by Gasteiger charge is 2.39. The minimum Gasteiger partial charge on any atom is -0.315 e. The van der Waals surface area contributed by atoms with Crippen molar-refractivity contribution in [3.63, 3.8) is 0 Å². The topological polar surface area (TPSA) is 15.3 Å². The first-order chi connectivity index (χ1) is 7.35. The van der Waals surface area contributed by atoms with E-state index in [1.54, 1.807) is 0 Å². The van der Waals surface area contributed by atoms with Crippen molar-refractivity contribution >= 4 is 0 Å². The third kappa shape index (κ3) is 4.12. The lowest BCUT2D eigenvalue weighted by Gasteiger charge is -2.49. The van der Waals surface area contributed by atoms with E-state index in [0.717, 1.165) is 0 Å². The summed E-state index contributed by atoms with van der Waals surface area (Å²) in [6.45, 7) is 16.7. The number of nitrogens with zero attached hydrogens (tertiary/aromatic N) is 1. The van der Waals surface area contributed by atoms with Gasteiger partial charge in [-0.3, -0.25) is 0 Å². The van der Waals surface area contributed by atoms with Crippen LogP contribution in [0.15, 0.2) is 0 Å². The number of piperidine rings is 1. The monoisotopic (exact) mass is 214 g/mol. The van der Waals surface area contributed by atoms with Gasteiger partial charge >= 0.3 is 0 Å². The fourth-order valence-corrected chi connectivity index (χ4v) is 2.35. The maximum absolute atomic E-state index is 3.39. The third-order valence-electron chi connectivity index (χ3n) is 3.19. The van der Waals surface area contributed by atoms with E-state index < -0.39 is 0 Å². The predicted octanol–water partition coefficient (Wildman–Crippen LogP) is 2.74. The van der Waals surface area contributed by atoms with E-state index in [-0.39, 0.29) is 0 Å². The van der Waals surface area contributed by atoms with Crippen LogP contribution >= 0.6 is 0 Å². The molecule has 15 heavy (non-hydrogen) atoms. The number of likely N-dealkylation sites (tertiary alicyclic amines) is 1. The first-order valence-corrected chi connectivity index (χ1v) is 6.78. The standard InChI is InChI=1S/C9H18N2.2C2H6/c1-2-11-5-3-4-9(8-11)6-10-7-9;2*1-2/h10H,2-8H2,1H3;2*1-2H3. The molecule has 0 unspecified atom stereocenters. The number of hydrogen-bond donors (Lipinski definition) is 1. The van der Waals surface area contributed by atoms with Crippen LogP contribution < -0.4 is 5.32 Å². The van der Waals surface area contributed by atoms with Crippen molar-refractivity contribution in [2.45, 2.75) is 47.5 Å². The molecular formula is C13H30N2. The molecule has 0 aromatic rings. The molecule has 1 spiro atoms. The molecule has 2 aliphatic heterocycles. The third-order valence-corrected chi connectivity index (χ3v) is 3.19. The Morgan fingerprint density at radius 1 is 1.13 bits per heavy atom. The Labute approximate surface area is 96.4 Å². The van der Waals surface area contributed by atoms with Crippen molar-refractivity contribution in [3.8, 4) is 0 Å². The fourth-order valence-electron chi connectivity index (χ4n) is 2.35. The average molecular weight is 214 g/mol. The molecule has 2 fully saturated rings. The second-order valence-electron chi connectivity index (χ2n) is 4.08. The summed E-state index contributed by atoms with van der Waals surface area (Å²) in [4.78, 5) is 2.59. The van der Waals surface area contributed by atoms with E-state index in [1.807, 2.05) is 27.7 Å². The van der Waals surface area contributed by atoms with Gasteiger partial charge in [0.15, 0.2) is 0 Å². The van der Waals surface area contributed by atoms with Crippen molar-refractivity contribution in [1.29, 1.82) is 0 Å². The highest BCUT2D eigenvalue weighted by atomic mass is 15.2. The Hall–Kier alpha value is -0.0800. The molecule has 0 atom stereocenters. The maximum Gasteiger partial charge on any atom is 0.00802 e. The van der Waals surface area contributed by atoms with Gasteiger partial charge in [-0.15, -0.1) is 0 Å². The Kier molecular flexibility index (Phi) is 8.07. The lowest BCUT2D eigenvalue weighted by atomic mass is 9.75. The smallest absolute Gasteiger partial charge is 0.00802 e. The molecule has 1 N–H and O–H groups in total. The zero-order valence-electron chi connectivity index (χ0n) is 11.4. The van der Waals surface area contributed by atoms with Crippen LogP contribution in [-0.4, -0.2) is 37.6 Å². The Morgan fingerprint density at radius 3 is 2.13 bits per heavy atom. The normalized spacial score (nSPS) is 23.0. The van der Waals surface area contributed by atoms with Crippen LogP contribution in [0.4, 0.5) is 0 Å². The van der Waals surface area contributed by atoms with Gasteiger partial charge in [0.1, 0.15) is 0 Å². The second-order valence-corrected chi connectivity index (χ2v) is 4.08. The fraction of sp³-hybridized carbons (Fsp3) is 1.00. The predicted molar refractivity (Wildman–Crippen MR) is 69.3 cm³/mol. The summed E-state index contributed by atoms with van der Waals surface area (Å²) < 4.78 is 0. The van der Waals surface area contributed by atoms with Gasteiger partial charge < -0.3 is 10.2 Å². The molecule has 0 radical (unpaired) electrons. The number of nitrogens with one attached hydrogen (secondary N) is 1. The minimum atomic E-state index is 0.689. The van der Waals surface area contributed by atoms with Gasteiger partial charge in [0.2, 0.25) is 0 Å². The summed E-state index contributed by atoms with van der Waals surface area (Å²) in [6, 6.07) is 0. The molecule has 0 bridgehead atoms. The number of hydrogen-bond acceptors (Lipinski definition) is 2. The molecule has 0 amide bonds. The summed E-state index contributed by atoms with van der Waals surface area (Å²) in [5.74, 6) is 0. The van der Waals surface area contributed by atoms with E-state index >= 15 is 0 Å². The molecular weight excluding hydrogens is 184 g/mol. The van der Waals surface area contributed by atoms with E-state index in [9.17, 15) is 0 Å². The average Bonchev–Trinajstić information content (AvgIpc) is 2.32. The molecule has 0 aromatic heterocycles. The van der Waals surface area contributed by atoms with Crippen LogP contribution in [0.1, 0.15) is 47.5 Å². The minimum absolute atomic E-state index is 0.689. The van der Waals surface area contributed by atoms with Crippen molar-refractivity contribution in [1.82, 2.24) is 10.2 Å². The molecule has 2 heteroatoms. The van der Waals surface area contributed by atoms with Gasteiger partial charge in [-0.05, 0) is 25.9 Å². The quantitative estimate of drug-likeness (QED) is 0.722. The zero-order valence-corrected chi connectivity index (χ0v) is 11.4. The van der Waals surface area contributed by atoms with Gasteiger partial charge in [0, 0.05) is 25.0 Å². The molecule has 92 valence electrons. The van der Waals surface area contributed by atoms with Gasteiger partial charge in [0.05, 0.1) is 0 Å². The lowest BCUT2D eigenvalue weighted by Crippen LogP contribution is -2.61. The zero-order chi connectivity index (χ0) is 11.7. The summed E-state index contributed by atoms with van der Waals surface area (Å²) >= 11 is 0. The van der Waals surface area contributed by atoms with Crippen LogP contribution in [0.3, 0.4) is 0 Å². The van der Waals surface area contributed by atoms with Crippen LogP contribution in [0.2, 0.25) is 0 Å². The molecule has 2 heterocycles. The van der Waals surface area contributed by atoms with Crippen LogP contribution in [0.5, 0.6) is 0 Å². The van der Waals surface area contributed by atoms with E-state index in [4.69, 9.17) is 0 Å². The summed E-state index contributed by atoms with van der Waals surface area (Å²) in [7, 11) is 0. The number of rotatable bonds is 1. The lowest BCUT2D eigenvalue weighted by molar-refractivity contribution is 0.0446. The summed E-state index contributed by atoms with van der Waals surface area (Å²) in [6.07, 6.45) is 2.87. The first kappa shape index (κ1) is 14.9. The Bertz CT molecular complexity index is 141. The second kappa shape index (κ2) is 8.12. The molecule has 2 saturated heterocycles. The van der Waals surface area contributed by atoms with Gasteiger partial charge in [-0.2, -0.15) is 0 Å². The maximum atomic E-state index is 3.39. The van der Waals surface area contributed by atoms with Crippen molar-refractivity contribution < 1.29 is 0 Å². The molecule has 0 saturated carbocycles. The van der Waals surface area contributed by atoms with Crippen molar-refractivity contribution in [2.75, 3.05) is 32.7 Å². The summed E-state index contributed by atoms with van der Waals surface area (Å²) in [5.41, 5.74) is 0.689. The van der Waals surface area contributed by atoms with Crippen molar-refractivity contribution in [2.24, 2.45) is 5.41 Å². The molecule has 2 nitrogen and oxygen atoms in total. The van der Waals surface area contributed by atoms with Crippen LogP contribution in [-0.2, 0) is 0 Å². The van der Waals surface area contributed by atoms with E-state index in [1.165, 1.54) is 45.6 Å². The highest BCUT2D eigenvalue weighted by Crippen LogP contribution is 2.33. The van der Waals surface area contributed by atoms with E-state index in [0.29, 0.717) is 5.41 Å². The van der Waals surface area contributed by atoms with Gasteiger partial charge in [0.25, 0.3) is 0 Å². The highest BCUT2D eigenvalue weighted by molar-refractivity contribution is 4.96. The molecule has 2 rings (SSSR count). The summed E-state index contributed by atoms with van der Waals surface area (Å²) in [5, 5.41) is 3.39. The molecule has 2 aliphatic rings. The Balaban J connectivity index is 0.000000442. The molecule has 0 aliphatic carbocycles. The Morgan fingerprint density at radius 2 is 1.73 bits per heavy atom. The first-order valence-electron chi connectivity index (χ1n) is 6.78.